The maximum Gasteiger partial charge on any atom is 0.243 e. The number of aryl methyl sites for hydroxylation is 3. The van der Waals surface area contributed by atoms with Crippen molar-refractivity contribution >= 4 is 15.7 Å². The number of nitrogens with one attached hydrogen (secondary N) is 1. The molecule has 3 rings (SSSR count). The van der Waals surface area contributed by atoms with Gasteiger partial charge in [-0.3, -0.25) is 4.68 Å². The number of nitrogens with zero attached hydrogens (tertiary/aromatic N) is 3. The summed E-state index contributed by atoms with van der Waals surface area (Å²) in [6, 6.07) is 5.48. The third kappa shape index (κ3) is 3.92. The van der Waals surface area contributed by atoms with Gasteiger partial charge >= 0.3 is 0 Å². The summed E-state index contributed by atoms with van der Waals surface area (Å²) in [7, 11) is -1.61. The Hall–Kier alpha value is -1.90. The Kier molecular flexibility index (Phi) is 5.64. The van der Waals surface area contributed by atoms with Crippen LogP contribution in [0.25, 0.3) is 0 Å². The van der Waals surface area contributed by atoms with Crippen LogP contribution in [0.15, 0.2) is 29.3 Å². The number of aromatic nitrogens is 2. The van der Waals surface area contributed by atoms with E-state index in [0.29, 0.717) is 37.7 Å². The number of anilines is 1. The summed E-state index contributed by atoms with van der Waals surface area (Å²) in [6.07, 6.45) is 2.85. The molecule has 0 bridgehead atoms. The lowest BCUT2D eigenvalue weighted by molar-refractivity contribution is 0.0730. The van der Waals surface area contributed by atoms with Gasteiger partial charge in [0, 0.05) is 44.1 Å². The molecule has 1 fully saturated rings. The molecule has 1 aromatic carbocycles. The predicted molar refractivity (Wildman–Crippen MR) is 101 cm³/mol. The second kappa shape index (κ2) is 7.77. The molecule has 1 saturated heterocycles. The van der Waals surface area contributed by atoms with Crippen LogP contribution in [0.3, 0.4) is 0 Å². The van der Waals surface area contributed by atoms with Crippen LogP contribution in [0.2, 0.25) is 0 Å². The van der Waals surface area contributed by atoms with Gasteiger partial charge in [0.25, 0.3) is 0 Å². The standard InChI is InChI=1S/C18H26N4O3S/c1-4-17-15(13-21(3)20-17)12-19-16-6-5-14(2)18(11-16)26(23,24)22-7-9-25-10-8-22/h5-6,11,13,19H,4,7-10,12H2,1-3H3. The van der Waals surface area contributed by atoms with Gasteiger partial charge in [0.2, 0.25) is 10.0 Å². The van der Waals surface area contributed by atoms with Gasteiger partial charge in [-0.25, -0.2) is 8.42 Å². The van der Waals surface area contributed by atoms with E-state index in [1.807, 2.05) is 32.3 Å². The monoisotopic (exact) mass is 378 g/mol. The first kappa shape index (κ1) is 18.9. The van der Waals surface area contributed by atoms with Crippen molar-refractivity contribution in [3.63, 3.8) is 0 Å². The average Bonchev–Trinajstić information content (AvgIpc) is 3.01. The molecule has 0 atom stereocenters. The van der Waals surface area contributed by atoms with Crippen LogP contribution < -0.4 is 5.32 Å². The van der Waals surface area contributed by atoms with E-state index in [0.717, 1.165) is 28.9 Å². The fourth-order valence-corrected chi connectivity index (χ4v) is 4.80. The van der Waals surface area contributed by atoms with Crippen LogP contribution in [0.4, 0.5) is 5.69 Å². The van der Waals surface area contributed by atoms with Crippen molar-refractivity contribution in [2.75, 3.05) is 31.6 Å². The Morgan fingerprint density at radius 2 is 2.00 bits per heavy atom. The van der Waals surface area contributed by atoms with Gasteiger partial charge in [-0.15, -0.1) is 0 Å². The van der Waals surface area contributed by atoms with Crippen LogP contribution in [0, 0.1) is 6.92 Å². The van der Waals surface area contributed by atoms with Gasteiger partial charge in [-0.1, -0.05) is 13.0 Å². The van der Waals surface area contributed by atoms with Gasteiger partial charge < -0.3 is 10.1 Å². The van der Waals surface area contributed by atoms with Crippen LogP contribution in [-0.4, -0.2) is 48.8 Å². The lowest BCUT2D eigenvalue weighted by Crippen LogP contribution is -2.40. The minimum atomic E-state index is -3.51. The molecule has 1 aliphatic rings. The maximum atomic E-state index is 13.0. The first-order chi connectivity index (χ1) is 12.4. The fraction of sp³-hybridized carbons (Fsp3) is 0.500. The fourth-order valence-electron chi connectivity index (χ4n) is 3.14. The van der Waals surface area contributed by atoms with E-state index in [9.17, 15) is 8.42 Å². The smallest absolute Gasteiger partial charge is 0.243 e. The van der Waals surface area contributed by atoms with Gasteiger partial charge in [-0.2, -0.15) is 9.40 Å². The zero-order chi connectivity index (χ0) is 18.7. The normalized spacial score (nSPS) is 16.0. The molecule has 0 spiro atoms. The highest BCUT2D eigenvalue weighted by Crippen LogP contribution is 2.25. The SMILES string of the molecule is CCc1nn(C)cc1CNc1ccc(C)c(S(=O)(=O)N2CCOCC2)c1. The number of hydrogen-bond donors (Lipinski definition) is 1. The Balaban J connectivity index is 1.81. The Morgan fingerprint density at radius 1 is 1.27 bits per heavy atom. The van der Waals surface area contributed by atoms with Crippen molar-refractivity contribution in [2.24, 2.45) is 7.05 Å². The van der Waals surface area contributed by atoms with Crippen molar-refractivity contribution < 1.29 is 13.2 Å². The first-order valence-electron chi connectivity index (χ1n) is 8.85. The van der Waals surface area contributed by atoms with E-state index in [1.54, 1.807) is 10.7 Å². The highest BCUT2D eigenvalue weighted by atomic mass is 32.2. The van der Waals surface area contributed by atoms with E-state index in [4.69, 9.17) is 4.74 Å². The van der Waals surface area contributed by atoms with Crippen molar-refractivity contribution in [2.45, 2.75) is 31.7 Å². The van der Waals surface area contributed by atoms with E-state index < -0.39 is 10.0 Å². The topological polar surface area (TPSA) is 76.5 Å². The molecule has 1 N–H and O–H groups in total. The second-order valence-electron chi connectivity index (χ2n) is 6.48. The number of sulfonamides is 1. The molecule has 0 aliphatic carbocycles. The summed E-state index contributed by atoms with van der Waals surface area (Å²) in [5, 5.41) is 7.77. The summed E-state index contributed by atoms with van der Waals surface area (Å²) in [6.45, 7) is 6.19. The minimum absolute atomic E-state index is 0.353. The molecule has 2 aromatic rings. The highest BCUT2D eigenvalue weighted by molar-refractivity contribution is 7.89. The zero-order valence-corrected chi connectivity index (χ0v) is 16.3. The number of hydrogen-bond acceptors (Lipinski definition) is 5. The lowest BCUT2D eigenvalue weighted by Gasteiger charge is -2.27. The molecule has 1 aromatic heterocycles. The summed E-state index contributed by atoms with van der Waals surface area (Å²) >= 11 is 0. The van der Waals surface area contributed by atoms with E-state index >= 15 is 0 Å². The third-order valence-electron chi connectivity index (χ3n) is 4.59. The number of ether oxygens (including phenoxy) is 1. The van der Waals surface area contributed by atoms with Gasteiger partial charge in [-0.05, 0) is 31.0 Å². The maximum absolute atomic E-state index is 13.0. The number of rotatable bonds is 6. The second-order valence-corrected chi connectivity index (χ2v) is 8.38. The molecule has 2 heterocycles. The summed E-state index contributed by atoms with van der Waals surface area (Å²) < 4.78 is 34.5. The van der Waals surface area contributed by atoms with E-state index in [-0.39, 0.29) is 0 Å². The molecular formula is C18H26N4O3S. The summed E-state index contributed by atoms with van der Waals surface area (Å²) in [5.41, 5.74) is 3.70. The number of morpholine rings is 1. The van der Waals surface area contributed by atoms with Gasteiger partial charge in [0.05, 0.1) is 23.8 Å². The Labute approximate surface area is 155 Å². The molecule has 142 valence electrons. The summed E-state index contributed by atoms with van der Waals surface area (Å²) in [4.78, 5) is 0.353. The Morgan fingerprint density at radius 3 is 2.69 bits per heavy atom. The highest BCUT2D eigenvalue weighted by Gasteiger charge is 2.27. The molecule has 7 nitrogen and oxygen atoms in total. The quantitative estimate of drug-likeness (QED) is 0.831. The lowest BCUT2D eigenvalue weighted by atomic mass is 10.2. The molecule has 0 saturated carbocycles. The van der Waals surface area contributed by atoms with Crippen LogP contribution >= 0.6 is 0 Å². The Bertz CT molecular complexity index is 871. The molecule has 0 radical (unpaired) electrons. The van der Waals surface area contributed by atoms with Crippen molar-refractivity contribution in [3.8, 4) is 0 Å². The predicted octanol–water partition coefficient (Wildman–Crippen LogP) is 1.92. The minimum Gasteiger partial charge on any atom is -0.381 e. The van der Waals surface area contributed by atoms with Crippen molar-refractivity contribution in [1.82, 2.24) is 14.1 Å². The molecule has 26 heavy (non-hydrogen) atoms. The molecule has 0 amide bonds. The third-order valence-corrected chi connectivity index (χ3v) is 6.63. The van der Waals surface area contributed by atoms with Gasteiger partial charge in [0.1, 0.15) is 0 Å². The zero-order valence-electron chi connectivity index (χ0n) is 15.5. The summed E-state index contributed by atoms with van der Waals surface area (Å²) in [5.74, 6) is 0. The molecule has 0 unspecified atom stereocenters. The number of benzene rings is 1. The van der Waals surface area contributed by atoms with Crippen molar-refractivity contribution in [3.05, 3.63) is 41.2 Å². The molecule has 8 heteroatoms. The van der Waals surface area contributed by atoms with E-state index in [2.05, 4.69) is 17.3 Å². The van der Waals surface area contributed by atoms with Crippen molar-refractivity contribution in [1.29, 1.82) is 0 Å². The molecular weight excluding hydrogens is 352 g/mol. The van der Waals surface area contributed by atoms with Crippen LogP contribution in [-0.2, 0) is 34.8 Å². The van der Waals surface area contributed by atoms with Crippen LogP contribution in [0.1, 0.15) is 23.7 Å². The van der Waals surface area contributed by atoms with E-state index in [1.165, 1.54) is 4.31 Å². The average molecular weight is 378 g/mol. The van der Waals surface area contributed by atoms with Gasteiger partial charge in [0.15, 0.2) is 0 Å². The molecule has 1 aliphatic heterocycles. The first-order valence-corrected chi connectivity index (χ1v) is 10.3. The van der Waals surface area contributed by atoms with Crippen LogP contribution in [0.5, 0.6) is 0 Å². The largest absolute Gasteiger partial charge is 0.381 e.